The van der Waals surface area contributed by atoms with Crippen molar-refractivity contribution in [3.05, 3.63) is 146 Å². The third kappa shape index (κ3) is 3.06. The number of benzene rings is 9. The monoisotopic (exact) mass is 544 g/mol. The Labute approximate surface area is 247 Å². The van der Waals surface area contributed by atoms with Crippen molar-refractivity contribution in [1.29, 1.82) is 0 Å². The lowest BCUT2D eigenvalue weighted by atomic mass is 9.82. The Balaban J connectivity index is 1.42. The van der Waals surface area contributed by atoms with Crippen LogP contribution < -0.4 is 0 Å². The van der Waals surface area contributed by atoms with Gasteiger partial charge in [0.15, 0.2) is 0 Å². The third-order valence-electron chi connectivity index (χ3n) is 9.38. The minimum atomic E-state index is 0.943. The Bertz CT molecular complexity index is 2670. The molecule has 1 aromatic heterocycles. The number of furan rings is 1. The molecule has 10 rings (SSSR count). The number of hydrogen-bond donors (Lipinski definition) is 0. The quantitative estimate of drug-likeness (QED) is 0.156. The Hall–Kier alpha value is -5.66. The van der Waals surface area contributed by atoms with Crippen LogP contribution in [0.15, 0.2) is 150 Å². The van der Waals surface area contributed by atoms with Gasteiger partial charge in [0.2, 0.25) is 0 Å². The molecule has 0 spiro atoms. The van der Waals surface area contributed by atoms with Crippen molar-refractivity contribution in [1.82, 2.24) is 0 Å². The Kier molecular flexibility index (Phi) is 4.51. The smallest absolute Gasteiger partial charge is 0.136 e. The van der Waals surface area contributed by atoms with Gasteiger partial charge in [0, 0.05) is 10.8 Å². The molecule has 0 bridgehead atoms. The largest absolute Gasteiger partial charge is 0.456 e. The minimum absolute atomic E-state index is 0.943. The lowest BCUT2D eigenvalue weighted by Gasteiger charge is -2.20. The zero-order valence-electron chi connectivity index (χ0n) is 23.3. The molecule has 0 saturated heterocycles. The summed E-state index contributed by atoms with van der Waals surface area (Å²) in [4.78, 5) is 0. The molecule has 1 heteroatoms. The van der Waals surface area contributed by atoms with Crippen LogP contribution in [0.3, 0.4) is 0 Å². The average molecular weight is 545 g/mol. The zero-order chi connectivity index (χ0) is 28.1. The first-order chi connectivity index (χ1) is 21.3. The molecule has 0 radical (unpaired) electrons. The molecule has 1 heterocycles. The van der Waals surface area contributed by atoms with Crippen molar-refractivity contribution >= 4 is 75.8 Å². The highest BCUT2D eigenvalue weighted by Crippen LogP contribution is 2.49. The van der Waals surface area contributed by atoms with E-state index in [1.807, 2.05) is 0 Å². The molecule has 43 heavy (non-hydrogen) atoms. The highest BCUT2D eigenvalue weighted by atomic mass is 16.3. The van der Waals surface area contributed by atoms with Crippen LogP contribution in [-0.4, -0.2) is 0 Å². The summed E-state index contributed by atoms with van der Waals surface area (Å²) in [5.41, 5.74) is 6.97. The molecule has 0 atom stereocenters. The first-order valence-electron chi connectivity index (χ1n) is 14.9. The Morgan fingerprint density at radius 1 is 0.302 bits per heavy atom. The van der Waals surface area contributed by atoms with Crippen LogP contribution in [0.2, 0.25) is 0 Å². The van der Waals surface area contributed by atoms with E-state index in [1.165, 1.54) is 86.9 Å². The van der Waals surface area contributed by atoms with E-state index in [9.17, 15) is 0 Å². The van der Waals surface area contributed by atoms with Gasteiger partial charge in [-0.15, -0.1) is 0 Å². The molecule has 0 fully saturated rings. The summed E-state index contributed by atoms with van der Waals surface area (Å²) >= 11 is 0. The van der Waals surface area contributed by atoms with Gasteiger partial charge >= 0.3 is 0 Å². The second kappa shape index (κ2) is 8.44. The molecule has 0 aliphatic heterocycles. The fourth-order valence-electron chi connectivity index (χ4n) is 7.65. The van der Waals surface area contributed by atoms with Crippen molar-refractivity contribution in [2.75, 3.05) is 0 Å². The summed E-state index contributed by atoms with van der Waals surface area (Å²) in [5, 5.41) is 15.0. The molecule has 0 aliphatic carbocycles. The molecule has 0 unspecified atom stereocenters. The SMILES string of the molecule is c1ccc2c(c1)cc(-c1c3ccccc3c(-c3cc4cccc5oc6cccc3c6c45)c3ccccc13)c1ccccc12. The van der Waals surface area contributed by atoms with Crippen molar-refractivity contribution in [3.8, 4) is 22.3 Å². The van der Waals surface area contributed by atoms with E-state index < -0.39 is 0 Å². The fourth-order valence-corrected chi connectivity index (χ4v) is 7.65. The molecule has 0 amide bonds. The summed E-state index contributed by atoms with van der Waals surface area (Å²) in [5.74, 6) is 0. The minimum Gasteiger partial charge on any atom is -0.456 e. The topological polar surface area (TPSA) is 13.1 Å². The molecule has 10 aromatic rings. The maximum absolute atomic E-state index is 6.33. The van der Waals surface area contributed by atoms with Gasteiger partial charge in [-0.3, -0.25) is 0 Å². The second-order valence-electron chi connectivity index (χ2n) is 11.6. The standard InChI is InChI=1S/C42H24O/c1-2-13-27-25(11-1)23-35(29-15-4-3-14-28(27)29)40-30-16-5-7-18-32(30)41(33-19-8-6-17-31(33)40)36-24-26-12-9-21-37-39(26)42-34(36)20-10-22-38(42)43-37/h1-24H. The van der Waals surface area contributed by atoms with Gasteiger partial charge in [-0.1, -0.05) is 121 Å². The lowest BCUT2D eigenvalue weighted by Crippen LogP contribution is -1.93. The van der Waals surface area contributed by atoms with Gasteiger partial charge in [0.05, 0.1) is 0 Å². The van der Waals surface area contributed by atoms with Crippen molar-refractivity contribution in [2.45, 2.75) is 0 Å². The van der Waals surface area contributed by atoms with Gasteiger partial charge in [-0.2, -0.15) is 0 Å². The van der Waals surface area contributed by atoms with Crippen molar-refractivity contribution in [2.24, 2.45) is 0 Å². The van der Waals surface area contributed by atoms with Crippen LogP contribution in [0.4, 0.5) is 0 Å². The highest BCUT2D eigenvalue weighted by Gasteiger charge is 2.22. The Morgan fingerprint density at radius 2 is 0.744 bits per heavy atom. The molecular weight excluding hydrogens is 520 g/mol. The van der Waals surface area contributed by atoms with Gasteiger partial charge in [0.1, 0.15) is 11.2 Å². The third-order valence-corrected chi connectivity index (χ3v) is 9.38. The van der Waals surface area contributed by atoms with E-state index in [4.69, 9.17) is 4.42 Å². The maximum Gasteiger partial charge on any atom is 0.136 e. The summed E-state index contributed by atoms with van der Waals surface area (Å²) in [6.45, 7) is 0. The van der Waals surface area contributed by atoms with E-state index >= 15 is 0 Å². The van der Waals surface area contributed by atoms with Gasteiger partial charge < -0.3 is 4.42 Å². The van der Waals surface area contributed by atoms with Crippen LogP contribution >= 0.6 is 0 Å². The average Bonchev–Trinajstić information content (AvgIpc) is 3.46. The van der Waals surface area contributed by atoms with Crippen LogP contribution in [0.1, 0.15) is 0 Å². The summed E-state index contributed by atoms with van der Waals surface area (Å²) < 4.78 is 6.33. The first-order valence-corrected chi connectivity index (χ1v) is 14.9. The predicted octanol–water partition coefficient (Wildman–Crippen LogP) is 12.1. The van der Waals surface area contributed by atoms with Gasteiger partial charge in [-0.05, 0) is 100 Å². The number of hydrogen-bond acceptors (Lipinski definition) is 1. The Morgan fingerprint density at radius 3 is 1.42 bits per heavy atom. The summed E-state index contributed by atoms with van der Waals surface area (Å²) in [7, 11) is 0. The lowest BCUT2D eigenvalue weighted by molar-refractivity contribution is 0.669. The van der Waals surface area contributed by atoms with Gasteiger partial charge in [0.25, 0.3) is 0 Å². The van der Waals surface area contributed by atoms with Crippen LogP contribution in [0, 0.1) is 0 Å². The molecule has 0 N–H and O–H groups in total. The van der Waals surface area contributed by atoms with E-state index in [2.05, 4.69) is 146 Å². The van der Waals surface area contributed by atoms with Crippen LogP contribution in [0.25, 0.3) is 98.1 Å². The molecule has 0 saturated carbocycles. The van der Waals surface area contributed by atoms with Gasteiger partial charge in [-0.25, -0.2) is 0 Å². The summed E-state index contributed by atoms with van der Waals surface area (Å²) in [6, 6.07) is 53.2. The highest BCUT2D eigenvalue weighted by molar-refractivity contribution is 6.31. The fraction of sp³-hybridized carbons (Fsp3) is 0. The van der Waals surface area contributed by atoms with Crippen LogP contribution in [-0.2, 0) is 0 Å². The summed E-state index contributed by atoms with van der Waals surface area (Å²) in [6.07, 6.45) is 0. The normalized spacial score (nSPS) is 12.2. The van der Waals surface area contributed by atoms with Crippen molar-refractivity contribution in [3.63, 3.8) is 0 Å². The van der Waals surface area contributed by atoms with Crippen LogP contribution in [0.5, 0.6) is 0 Å². The molecule has 0 aliphatic rings. The number of fused-ring (bicyclic) bond motifs is 5. The number of rotatable bonds is 2. The molecular formula is C42H24O. The van der Waals surface area contributed by atoms with E-state index in [-0.39, 0.29) is 0 Å². The van der Waals surface area contributed by atoms with E-state index in [0.717, 1.165) is 11.2 Å². The second-order valence-corrected chi connectivity index (χ2v) is 11.6. The maximum atomic E-state index is 6.33. The molecule has 1 nitrogen and oxygen atoms in total. The zero-order valence-corrected chi connectivity index (χ0v) is 23.3. The predicted molar refractivity (Wildman–Crippen MR) is 183 cm³/mol. The van der Waals surface area contributed by atoms with E-state index in [0.29, 0.717) is 0 Å². The first kappa shape index (κ1) is 23.0. The molecule has 198 valence electrons. The van der Waals surface area contributed by atoms with E-state index in [1.54, 1.807) is 0 Å². The van der Waals surface area contributed by atoms with Crippen molar-refractivity contribution < 1.29 is 4.42 Å². The molecule has 9 aromatic carbocycles.